The molecule has 0 saturated heterocycles. The van der Waals surface area contributed by atoms with Crippen molar-refractivity contribution in [3.8, 4) is 16.9 Å². The lowest BCUT2D eigenvalue weighted by molar-refractivity contribution is 0.0952. The van der Waals surface area contributed by atoms with Gasteiger partial charge in [0.1, 0.15) is 11.5 Å². The molecule has 0 aliphatic rings. The van der Waals surface area contributed by atoms with E-state index in [1.54, 1.807) is 17.1 Å². The van der Waals surface area contributed by atoms with Crippen molar-refractivity contribution in [1.82, 2.24) is 29.9 Å². The first-order valence-electron chi connectivity index (χ1n) is 11.2. The number of pyridine rings is 1. The molecule has 0 atom stereocenters. The van der Waals surface area contributed by atoms with Crippen molar-refractivity contribution < 1.29 is 9.21 Å². The maximum absolute atomic E-state index is 13.3. The zero-order chi connectivity index (χ0) is 23.8. The second kappa shape index (κ2) is 8.62. The van der Waals surface area contributed by atoms with Crippen molar-refractivity contribution >= 4 is 16.9 Å². The maximum atomic E-state index is 13.3. The molecule has 0 fully saturated rings. The molecule has 0 bridgehead atoms. The van der Waals surface area contributed by atoms with Gasteiger partial charge in [-0.05, 0) is 63.6 Å². The quantitative estimate of drug-likeness (QED) is 0.390. The van der Waals surface area contributed by atoms with Gasteiger partial charge in [-0.1, -0.05) is 12.1 Å². The Morgan fingerprint density at radius 3 is 2.56 bits per heavy atom. The third-order valence-electron chi connectivity index (χ3n) is 5.78. The number of amides is 1. The van der Waals surface area contributed by atoms with Crippen LogP contribution in [0.25, 0.3) is 28.0 Å². The molecule has 5 rings (SSSR count). The fourth-order valence-corrected chi connectivity index (χ4v) is 4.07. The Kier molecular flexibility index (Phi) is 5.49. The van der Waals surface area contributed by atoms with Gasteiger partial charge in [-0.25, -0.2) is 14.3 Å². The number of hydrogen-bond donors (Lipinski definition) is 1. The van der Waals surface area contributed by atoms with E-state index in [-0.39, 0.29) is 11.9 Å². The molecular formula is C26H26N6O2. The number of fused-ring (bicyclic) bond motifs is 1. The van der Waals surface area contributed by atoms with Gasteiger partial charge in [0.2, 0.25) is 0 Å². The van der Waals surface area contributed by atoms with Crippen molar-refractivity contribution in [3.05, 3.63) is 83.7 Å². The van der Waals surface area contributed by atoms with Crippen molar-refractivity contribution in [2.75, 3.05) is 0 Å². The van der Waals surface area contributed by atoms with Gasteiger partial charge >= 0.3 is 0 Å². The topological polar surface area (TPSA) is 90.8 Å². The fourth-order valence-electron chi connectivity index (χ4n) is 4.07. The van der Waals surface area contributed by atoms with Crippen LogP contribution in [0, 0.1) is 13.8 Å². The number of nitrogens with one attached hydrogen (secondary N) is 1. The van der Waals surface area contributed by atoms with Gasteiger partial charge in [0.05, 0.1) is 28.5 Å². The first-order chi connectivity index (χ1) is 16.4. The summed E-state index contributed by atoms with van der Waals surface area (Å²) < 4.78 is 9.35. The highest BCUT2D eigenvalue weighted by molar-refractivity contribution is 6.06. The second-order valence-electron chi connectivity index (χ2n) is 8.60. The summed E-state index contributed by atoms with van der Waals surface area (Å²) in [7, 11) is 0. The number of aryl methyl sites for hydroxylation is 2. The minimum atomic E-state index is -0.175. The lowest BCUT2D eigenvalue weighted by Gasteiger charge is -2.11. The van der Waals surface area contributed by atoms with Crippen LogP contribution in [0.2, 0.25) is 0 Å². The smallest absolute Gasteiger partial charge is 0.252 e. The lowest BCUT2D eigenvalue weighted by Crippen LogP contribution is -2.23. The Morgan fingerprint density at radius 1 is 1.12 bits per heavy atom. The Bertz CT molecular complexity index is 1460. The first kappa shape index (κ1) is 21.6. The van der Waals surface area contributed by atoms with Crippen molar-refractivity contribution in [3.63, 3.8) is 0 Å². The van der Waals surface area contributed by atoms with E-state index in [0.717, 1.165) is 33.7 Å². The number of nitrogens with zero attached hydrogens (tertiary/aromatic N) is 5. The summed E-state index contributed by atoms with van der Waals surface area (Å²) in [5.74, 6) is 1.39. The van der Waals surface area contributed by atoms with Gasteiger partial charge in [-0.3, -0.25) is 4.79 Å². The molecule has 1 aromatic carbocycles. The van der Waals surface area contributed by atoms with Gasteiger partial charge in [0.15, 0.2) is 5.65 Å². The van der Waals surface area contributed by atoms with E-state index in [0.29, 0.717) is 23.4 Å². The summed E-state index contributed by atoms with van der Waals surface area (Å²) >= 11 is 0. The molecule has 0 spiro atoms. The van der Waals surface area contributed by atoms with Crippen LogP contribution in [0.3, 0.4) is 0 Å². The molecule has 0 aliphatic carbocycles. The minimum absolute atomic E-state index is 0.108. The normalized spacial score (nSPS) is 11.4. The molecule has 0 saturated carbocycles. The molecule has 5 aromatic rings. The Labute approximate surface area is 197 Å². The molecule has 172 valence electrons. The number of hydrogen-bond acceptors (Lipinski definition) is 5. The van der Waals surface area contributed by atoms with E-state index in [1.165, 1.54) is 0 Å². The third-order valence-corrected chi connectivity index (χ3v) is 5.78. The lowest BCUT2D eigenvalue weighted by atomic mass is 10.1. The summed E-state index contributed by atoms with van der Waals surface area (Å²) in [6.45, 7) is 8.29. The van der Waals surface area contributed by atoms with Crippen molar-refractivity contribution in [2.24, 2.45) is 0 Å². The molecule has 4 aromatic heterocycles. The van der Waals surface area contributed by atoms with Crippen LogP contribution in [0.5, 0.6) is 0 Å². The summed E-state index contributed by atoms with van der Waals surface area (Å²) in [5.41, 5.74) is 4.75. The zero-order valence-electron chi connectivity index (χ0n) is 19.6. The summed E-state index contributed by atoms with van der Waals surface area (Å²) in [6.07, 6.45) is 5.35. The SMILES string of the molecule is Cc1cc(-c2cc(C(=O)NCc3ccc(-n4cccn4)cc3)c3cnn(C(C)C)c3n2)c(C)o1. The average Bonchev–Trinajstić information content (AvgIpc) is 3.57. The van der Waals surface area contributed by atoms with E-state index >= 15 is 0 Å². The molecule has 8 nitrogen and oxygen atoms in total. The fraction of sp³-hybridized carbons (Fsp3) is 0.231. The van der Waals surface area contributed by atoms with Crippen LogP contribution >= 0.6 is 0 Å². The molecule has 4 heterocycles. The van der Waals surface area contributed by atoms with Crippen LogP contribution in [0.4, 0.5) is 0 Å². The monoisotopic (exact) mass is 454 g/mol. The van der Waals surface area contributed by atoms with Gasteiger partial charge in [0.25, 0.3) is 5.91 Å². The Balaban J connectivity index is 1.46. The molecule has 8 heteroatoms. The largest absolute Gasteiger partial charge is 0.466 e. The van der Waals surface area contributed by atoms with Crippen LogP contribution in [-0.2, 0) is 6.54 Å². The van der Waals surface area contributed by atoms with E-state index in [9.17, 15) is 4.79 Å². The summed E-state index contributed by atoms with van der Waals surface area (Å²) in [4.78, 5) is 18.2. The van der Waals surface area contributed by atoms with Gasteiger partial charge in [-0.2, -0.15) is 10.2 Å². The second-order valence-corrected chi connectivity index (χ2v) is 8.60. The molecule has 1 N–H and O–H groups in total. The predicted octanol–water partition coefficient (Wildman–Crippen LogP) is 5.00. The van der Waals surface area contributed by atoms with Crippen LogP contribution < -0.4 is 5.32 Å². The molecule has 0 unspecified atom stereocenters. The molecule has 34 heavy (non-hydrogen) atoms. The zero-order valence-corrected chi connectivity index (χ0v) is 19.6. The van der Waals surface area contributed by atoms with Crippen LogP contribution in [-0.4, -0.2) is 30.5 Å². The number of aromatic nitrogens is 5. The number of carbonyl (C=O) groups is 1. The minimum Gasteiger partial charge on any atom is -0.466 e. The predicted molar refractivity (Wildman–Crippen MR) is 130 cm³/mol. The maximum Gasteiger partial charge on any atom is 0.252 e. The Hall–Kier alpha value is -4.20. The molecule has 0 aliphatic heterocycles. The standard InChI is InChI=1S/C26H26N6O2/c1-16(2)32-25-23(15-29-32)22(13-24(30-25)21-12-17(3)34-18(21)4)26(33)27-14-19-6-8-20(9-7-19)31-11-5-10-28-31/h5-13,15-16H,14H2,1-4H3,(H,27,33). The van der Waals surface area contributed by atoms with Crippen molar-refractivity contribution in [1.29, 1.82) is 0 Å². The van der Waals surface area contributed by atoms with E-state index in [2.05, 4.69) is 15.5 Å². The van der Waals surface area contributed by atoms with Crippen molar-refractivity contribution in [2.45, 2.75) is 40.3 Å². The number of rotatable bonds is 6. The van der Waals surface area contributed by atoms with Crippen LogP contribution in [0.15, 0.2) is 65.5 Å². The summed E-state index contributed by atoms with van der Waals surface area (Å²) in [5, 5.41) is 12.5. The molecular weight excluding hydrogens is 428 g/mol. The first-order valence-corrected chi connectivity index (χ1v) is 11.2. The molecule has 0 radical (unpaired) electrons. The van der Waals surface area contributed by atoms with Crippen LogP contribution in [0.1, 0.15) is 47.3 Å². The highest BCUT2D eigenvalue weighted by Crippen LogP contribution is 2.30. The van der Waals surface area contributed by atoms with E-state index in [4.69, 9.17) is 9.40 Å². The number of furan rings is 1. The van der Waals surface area contributed by atoms with E-state index in [1.807, 2.05) is 81.0 Å². The van der Waals surface area contributed by atoms with Gasteiger partial charge in [-0.15, -0.1) is 0 Å². The van der Waals surface area contributed by atoms with Gasteiger partial charge in [0, 0.05) is 30.5 Å². The van der Waals surface area contributed by atoms with Gasteiger partial charge < -0.3 is 9.73 Å². The average molecular weight is 455 g/mol. The number of benzene rings is 1. The number of carbonyl (C=O) groups excluding carboxylic acids is 1. The Morgan fingerprint density at radius 2 is 1.91 bits per heavy atom. The molecule has 1 amide bonds. The third kappa shape index (κ3) is 3.98. The highest BCUT2D eigenvalue weighted by Gasteiger charge is 2.20. The highest BCUT2D eigenvalue weighted by atomic mass is 16.3. The summed E-state index contributed by atoms with van der Waals surface area (Å²) in [6, 6.07) is 13.7. The van der Waals surface area contributed by atoms with E-state index < -0.39 is 0 Å².